The fourth-order valence-corrected chi connectivity index (χ4v) is 1.67. The summed E-state index contributed by atoms with van der Waals surface area (Å²) in [5.74, 6) is 0.336. The first kappa shape index (κ1) is 9.19. The number of carbonyl (C=O) groups is 1. The molecular weight excluding hydrogens is 178 g/mol. The van der Waals surface area contributed by atoms with Crippen molar-refractivity contribution in [2.24, 2.45) is 5.92 Å². The van der Waals surface area contributed by atoms with E-state index in [0.717, 1.165) is 12.0 Å². The maximum Gasteiger partial charge on any atom is 0.309 e. The molecule has 0 spiro atoms. The predicted octanol–water partition coefficient (Wildman–Crippen LogP) is 1.75. The molecule has 0 N–H and O–H groups in total. The third-order valence-corrected chi connectivity index (χ3v) is 2.49. The lowest BCUT2D eigenvalue weighted by Gasteiger charge is -2.00. The number of ether oxygens (including phenoxy) is 1. The monoisotopic (exact) mass is 191 g/mol. The van der Waals surface area contributed by atoms with Gasteiger partial charge < -0.3 is 4.74 Å². The van der Waals surface area contributed by atoms with Crippen molar-refractivity contribution in [3.63, 3.8) is 0 Å². The van der Waals surface area contributed by atoms with Crippen LogP contribution in [0.3, 0.4) is 0 Å². The normalized spacial score (nSPS) is 24.4. The summed E-state index contributed by atoms with van der Waals surface area (Å²) in [5.41, 5.74) is 1.14. The van der Waals surface area contributed by atoms with Gasteiger partial charge in [-0.15, -0.1) is 0 Å². The zero-order chi connectivity index (χ0) is 9.97. The molecule has 1 heterocycles. The third-order valence-electron chi connectivity index (χ3n) is 2.49. The lowest BCUT2D eigenvalue weighted by atomic mass is 10.1. The van der Waals surface area contributed by atoms with Crippen molar-refractivity contribution >= 4 is 5.97 Å². The summed E-state index contributed by atoms with van der Waals surface area (Å²) in [7, 11) is 0. The van der Waals surface area contributed by atoms with Crippen LogP contribution >= 0.6 is 0 Å². The minimum atomic E-state index is -0.0682. The largest absolute Gasteiger partial charge is 0.466 e. The molecule has 1 saturated carbocycles. The SMILES string of the molecule is CCOC(=O)C1CC1c1cccnc1. The second-order valence-electron chi connectivity index (χ2n) is 3.49. The molecule has 2 unspecified atom stereocenters. The standard InChI is InChI=1S/C11H13NO2/c1-2-14-11(13)10-6-9(10)8-4-3-5-12-7-8/h3-5,7,9-10H,2,6H2,1H3. The second-order valence-corrected chi connectivity index (χ2v) is 3.49. The van der Waals surface area contributed by atoms with Gasteiger partial charge >= 0.3 is 5.97 Å². The Hall–Kier alpha value is -1.38. The Morgan fingerprint density at radius 1 is 1.71 bits per heavy atom. The van der Waals surface area contributed by atoms with Crippen molar-refractivity contribution in [1.29, 1.82) is 0 Å². The number of pyridine rings is 1. The van der Waals surface area contributed by atoms with Crippen LogP contribution in [0, 0.1) is 5.92 Å². The Bertz CT molecular complexity index is 323. The number of esters is 1. The topological polar surface area (TPSA) is 39.2 Å². The highest BCUT2D eigenvalue weighted by Crippen LogP contribution is 2.47. The molecule has 1 aliphatic rings. The van der Waals surface area contributed by atoms with E-state index in [2.05, 4.69) is 4.98 Å². The molecule has 0 bridgehead atoms. The third kappa shape index (κ3) is 1.76. The molecule has 0 radical (unpaired) electrons. The van der Waals surface area contributed by atoms with E-state index in [9.17, 15) is 4.79 Å². The Kier molecular flexibility index (Phi) is 2.48. The van der Waals surface area contributed by atoms with Gasteiger partial charge in [0, 0.05) is 12.4 Å². The number of carbonyl (C=O) groups excluding carboxylic acids is 1. The van der Waals surface area contributed by atoms with Crippen molar-refractivity contribution in [3.8, 4) is 0 Å². The number of aromatic nitrogens is 1. The molecule has 0 aliphatic heterocycles. The van der Waals surface area contributed by atoms with Gasteiger partial charge in [0.15, 0.2) is 0 Å². The molecule has 0 amide bonds. The van der Waals surface area contributed by atoms with E-state index in [0.29, 0.717) is 12.5 Å². The summed E-state index contributed by atoms with van der Waals surface area (Å²) in [5, 5.41) is 0. The van der Waals surface area contributed by atoms with Crippen LogP contribution in [0.1, 0.15) is 24.8 Å². The maximum absolute atomic E-state index is 11.3. The summed E-state index contributed by atoms with van der Waals surface area (Å²) in [6.07, 6.45) is 4.47. The van der Waals surface area contributed by atoms with Gasteiger partial charge in [-0.3, -0.25) is 9.78 Å². The summed E-state index contributed by atoms with van der Waals surface area (Å²) in [6, 6.07) is 3.91. The van der Waals surface area contributed by atoms with Gasteiger partial charge in [-0.05, 0) is 30.9 Å². The van der Waals surface area contributed by atoms with Gasteiger partial charge in [0.25, 0.3) is 0 Å². The fourth-order valence-electron chi connectivity index (χ4n) is 1.67. The van der Waals surface area contributed by atoms with Gasteiger partial charge in [-0.25, -0.2) is 0 Å². The molecule has 2 atom stereocenters. The maximum atomic E-state index is 11.3. The Balaban J connectivity index is 1.96. The number of nitrogens with zero attached hydrogens (tertiary/aromatic N) is 1. The minimum absolute atomic E-state index is 0.0682. The zero-order valence-corrected chi connectivity index (χ0v) is 8.14. The Morgan fingerprint density at radius 3 is 3.21 bits per heavy atom. The van der Waals surface area contributed by atoms with Crippen LogP contribution in [0.2, 0.25) is 0 Å². The van der Waals surface area contributed by atoms with E-state index >= 15 is 0 Å². The van der Waals surface area contributed by atoms with Gasteiger partial charge in [0.1, 0.15) is 0 Å². The van der Waals surface area contributed by atoms with Crippen molar-refractivity contribution < 1.29 is 9.53 Å². The van der Waals surface area contributed by atoms with Gasteiger partial charge in [0.05, 0.1) is 12.5 Å². The number of hydrogen-bond donors (Lipinski definition) is 0. The first-order valence-electron chi connectivity index (χ1n) is 4.89. The minimum Gasteiger partial charge on any atom is -0.466 e. The predicted molar refractivity (Wildman–Crippen MR) is 51.7 cm³/mol. The summed E-state index contributed by atoms with van der Waals surface area (Å²) >= 11 is 0. The molecule has 3 heteroatoms. The summed E-state index contributed by atoms with van der Waals surface area (Å²) < 4.78 is 4.96. The van der Waals surface area contributed by atoms with Crippen LogP contribution in [0.15, 0.2) is 24.5 Å². The van der Waals surface area contributed by atoms with Crippen LogP contribution in [0.25, 0.3) is 0 Å². The second kappa shape index (κ2) is 3.78. The molecule has 1 aromatic heterocycles. The van der Waals surface area contributed by atoms with Crippen LogP contribution in [-0.4, -0.2) is 17.6 Å². The Morgan fingerprint density at radius 2 is 2.57 bits per heavy atom. The van der Waals surface area contributed by atoms with E-state index < -0.39 is 0 Å². The van der Waals surface area contributed by atoms with Crippen LogP contribution in [0.5, 0.6) is 0 Å². The molecule has 74 valence electrons. The van der Waals surface area contributed by atoms with Crippen molar-refractivity contribution in [2.75, 3.05) is 6.61 Å². The van der Waals surface area contributed by atoms with Crippen LogP contribution < -0.4 is 0 Å². The zero-order valence-electron chi connectivity index (χ0n) is 8.14. The van der Waals surface area contributed by atoms with E-state index in [1.54, 1.807) is 6.20 Å². The lowest BCUT2D eigenvalue weighted by molar-refractivity contribution is -0.144. The van der Waals surface area contributed by atoms with Crippen molar-refractivity contribution in [3.05, 3.63) is 30.1 Å². The lowest BCUT2D eigenvalue weighted by Crippen LogP contribution is -2.07. The van der Waals surface area contributed by atoms with Crippen molar-refractivity contribution in [2.45, 2.75) is 19.3 Å². The highest BCUT2D eigenvalue weighted by Gasteiger charge is 2.45. The first-order valence-corrected chi connectivity index (χ1v) is 4.89. The van der Waals surface area contributed by atoms with E-state index in [1.807, 2.05) is 25.3 Å². The molecule has 0 aromatic carbocycles. The summed E-state index contributed by atoms with van der Waals surface area (Å²) in [4.78, 5) is 15.4. The summed E-state index contributed by atoms with van der Waals surface area (Å²) in [6.45, 7) is 2.30. The molecule has 1 aromatic rings. The van der Waals surface area contributed by atoms with Gasteiger partial charge in [-0.1, -0.05) is 6.07 Å². The van der Waals surface area contributed by atoms with Crippen LogP contribution in [0.4, 0.5) is 0 Å². The average molecular weight is 191 g/mol. The van der Waals surface area contributed by atoms with Gasteiger partial charge in [0.2, 0.25) is 0 Å². The van der Waals surface area contributed by atoms with E-state index in [4.69, 9.17) is 4.74 Å². The molecule has 14 heavy (non-hydrogen) atoms. The van der Waals surface area contributed by atoms with Crippen molar-refractivity contribution in [1.82, 2.24) is 4.98 Å². The highest BCUT2D eigenvalue weighted by molar-refractivity contribution is 5.77. The molecule has 1 aliphatic carbocycles. The average Bonchev–Trinajstić information content (AvgIpc) is 2.99. The molecule has 3 nitrogen and oxygen atoms in total. The van der Waals surface area contributed by atoms with E-state index in [-0.39, 0.29) is 11.9 Å². The van der Waals surface area contributed by atoms with E-state index in [1.165, 1.54) is 0 Å². The smallest absolute Gasteiger partial charge is 0.309 e. The fraction of sp³-hybridized carbons (Fsp3) is 0.455. The molecular formula is C11H13NO2. The quantitative estimate of drug-likeness (QED) is 0.683. The Labute approximate surface area is 83.1 Å². The molecule has 2 rings (SSSR count). The highest BCUT2D eigenvalue weighted by atomic mass is 16.5. The molecule has 0 saturated heterocycles. The van der Waals surface area contributed by atoms with Crippen LogP contribution in [-0.2, 0) is 9.53 Å². The first-order chi connectivity index (χ1) is 6.83. The van der Waals surface area contributed by atoms with Gasteiger partial charge in [-0.2, -0.15) is 0 Å². The molecule has 1 fully saturated rings. The number of hydrogen-bond acceptors (Lipinski definition) is 3. The number of rotatable bonds is 3.